The van der Waals surface area contributed by atoms with Gasteiger partial charge in [0.2, 0.25) is 0 Å². The van der Waals surface area contributed by atoms with Crippen molar-refractivity contribution in [1.29, 1.82) is 0 Å². The Morgan fingerprint density at radius 3 is 2.55 bits per heavy atom. The first kappa shape index (κ1) is 20.4. The molecule has 5 nitrogen and oxygen atoms in total. The van der Waals surface area contributed by atoms with Crippen molar-refractivity contribution < 1.29 is 22.7 Å². The van der Waals surface area contributed by atoms with Crippen molar-refractivity contribution in [2.24, 2.45) is 0 Å². The molecule has 0 radical (unpaired) electrons. The monoisotopic (exact) mass is 403 g/mol. The van der Waals surface area contributed by atoms with E-state index in [1.54, 1.807) is 14.0 Å². The molecule has 0 N–H and O–H groups in total. The van der Waals surface area contributed by atoms with Crippen LogP contribution < -0.4 is 4.74 Å². The Labute approximate surface area is 166 Å². The highest BCUT2D eigenvalue weighted by atomic mass is 19.4. The second kappa shape index (κ2) is 8.38. The Bertz CT molecular complexity index is 984. The molecule has 0 aliphatic heterocycles. The number of para-hydroxylation sites is 1. The van der Waals surface area contributed by atoms with Crippen LogP contribution in [0.1, 0.15) is 21.6 Å². The molecule has 0 fully saturated rings. The van der Waals surface area contributed by atoms with Gasteiger partial charge in [-0.3, -0.25) is 4.79 Å². The molecule has 3 rings (SSSR count). The van der Waals surface area contributed by atoms with Gasteiger partial charge in [-0.2, -0.15) is 18.3 Å². The SMILES string of the molecule is Cc1c(C(=O)N(C)CCOc2ccccc2)cnn1-c1cccc(C(F)(F)F)c1. The first-order valence-electron chi connectivity index (χ1n) is 8.93. The van der Waals surface area contributed by atoms with Gasteiger partial charge in [-0.05, 0) is 37.3 Å². The van der Waals surface area contributed by atoms with E-state index < -0.39 is 11.7 Å². The zero-order valence-electron chi connectivity index (χ0n) is 16.0. The van der Waals surface area contributed by atoms with Gasteiger partial charge in [-0.1, -0.05) is 24.3 Å². The van der Waals surface area contributed by atoms with Gasteiger partial charge in [-0.15, -0.1) is 0 Å². The number of carbonyl (C=O) groups is 1. The summed E-state index contributed by atoms with van der Waals surface area (Å²) in [6.07, 6.45) is -3.08. The normalized spacial score (nSPS) is 11.3. The van der Waals surface area contributed by atoms with Crippen molar-refractivity contribution in [1.82, 2.24) is 14.7 Å². The number of aromatic nitrogens is 2. The van der Waals surface area contributed by atoms with Crippen LogP contribution in [0.25, 0.3) is 5.69 Å². The Hall–Kier alpha value is -3.29. The van der Waals surface area contributed by atoms with E-state index >= 15 is 0 Å². The van der Waals surface area contributed by atoms with Gasteiger partial charge in [0.1, 0.15) is 12.4 Å². The van der Waals surface area contributed by atoms with E-state index in [0.717, 1.165) is 12.1 Å². The quantitative estimate of drug-likeness (QED) is 0.615. The molecule has 29 heavy (non-hydrogen) atoms. The molecular formula is C21H20F3N3O2. The second-order valence-electron chi connectivity index (χ2n) is 6.49. The van der Waals surface area contributed by atoms with Gasteiger partial charge in [-0.25, -0.2) is 4.68 Å². The first-order chi connectivity index (χ1) is 13.8. The summed E-state index contributed by atoms with van der Waals surface area (Å²) in [5.41, 5.74) is 0.258. The summed E-state index contributed by atoms with van der Waals surface area (Å²) < 4.78 is 45.8. The fourth-order valence-electron chi connectivity index (χ4n) is 2.82. The molecule has 152 valence electrons. The Morgan fingerprint density at radius 2 is 1.86 bits per heavy atom. The van der Waals surface area contributed by atoms with Crippen LogP contribution >= 0.6 is 0 Å². The molecule has 0 saturated carbocycles. The largest absolute Gasteiger partial charge is 0.492 e. The van der Waals surface area contributed by atoms with Crippen LogP contribution in [0.5, 0.6) is 5.75 Å². The number of alkyl halides is 3. The van der Waals surface area contributed by atoms with Crippen LogP contribution in [-0.4, -0.2) is 40.8 Å². The van der Waals surface area contributed by atoms with Crippen molar-refractivity contribution in [2.45, 2.75) is 13.1 Å². The number of halogens is 3. The summed E-state index contributed by atoms with van der Waals surface area (Å²) in [5.74, 6) is 0.430. The Morgan fingerprint density at radius 1 is 1.14 bits per heavy atom. The van der Waals surface area contributed by atoms with Crippen LogP contribution in [-0.2, 0) is 6.18 Å². The minimum Gasteiger partial charge on any atom is -0.492 e. The van der Waals surface area contributed by atoms with Crippen molar-refractivity contribution in [3.8, 4) is 11.4 Å². The fourth-order valence-corrected chi connectivity index (χ4v) is 2.82. The number of nitrogens with zero attached hydrogens (tertiary/aromatic N) is 3. The lowest BCUT2D eigenvalue weighted by molar-refractivity contribution is -0.137. The van der Waals surface area contributed by atoms with Crippen LogP contribution in [0.4, 0.5) is 13.2 Å². The molecule has 0 bridgehead atoms. The predicted octanol–water partition coefficient (Wildman–Crippen LogP) is 4.35. The van der Waals surface area contributed by atoms with E-state index in [-0.39, 0.29) is 11.6 Å². The first-order valence-corrected chi connectivity index (χ1v) is 8.93. The van der Waals surface area contributed by atoms with Gasteiger partial charge in [0.25, 0.3) is 5.91 Å². The highest BCUT2D eigenvalue weighted by Gasteiger charge is 2.30. The molecule has 0 aliphatic rings. The molecule has 1 amide bonds. The molecule has 0 atom stereocenters. The van der Waals surface area contributed by atoms with Gasteiger partial charge in [0.05, 0.1) is 35.2 Å². The van der Waals surface area contributed by atoms with Gasteiger partial charge in [0, 0.05) is 7.05 Å². The second-order valence-corrected chi connectivity index (χ2v) is 6.49. The molecule has 8 heteroatoms. The summed E-state index contributed by atoms with van der Waals surface area (Å²) in [6.45, 7) is 2.31. The summed E-state index contributed by atoms with van der Waals surface area (Å²) >= 11 is 0. The minimum atomic E-state index is -4.45. The maximum atomic E-state index is 13.0. The number of ether oxygens (including phenoxy) is 1. The molecule has 0 aliphatic carbocycles. The van der Waals surface area contributed by atoms with Crippen LogP contribution in [0.2, 0.25) is 0 Å². The van der Waals surface area contributed by atoms with Crippen molar-refractivity contribution in [2.75, 3.05) is 20.2 Å². The lowest BCUT2D eigenvalue weighted by atomic mass is 10.2. The number of benzene rings is 2. The topological polar surface area (TPSA) is 47.4 Å². The molecule has 2 aromatic carbocycles. The third kappa shape index (κ3) is 4.77. The van der Waals surface area contributed by atoms with Crippen molar-refractivity contribution >= 4 is 5.91 Å². The van der Waals surface area contributed by atoms with Crippen LogP contribution in [0.3, 0.4) is 0 Å². The summed E-state index contributed by atoms with van der Waals surface area (Å²) in [5, 5.41) is 4.11. The third-order valence-corrected chi connectivity index (χ3v) is 4.44. The molecular weight excluding hydrogens is 383 g/mol. The Kier molecular flexibility index (Phi) is 5.91. The smallest absolute Gasteiger partial charge is 0.416 e. The summed E-state index contributed by atoms with van der Waals surface area (Å²) in [6, 6.07) is 14.1. The fraction of sp³-hybridized carbons (Fsp3) is 0.238. The maximum absolute atomic E-state index is 13.0. The number of amides is 1. The number of carbonyl (C=O) groups excluding carboxylic acids is 1. The molecule has 3 aromatic rings. The van der Waals surface area contributed by atoms with Gasteiger partial charge in [0.15, 0.2) is 0 Å². The standard InChI is InChI=1S/C21H20F3N3O2/c1-15-19(20(28)26(2)11-12-29-18-9-4-3-5-10-18)14-25-27(15)17-8-6-7-16(13-17)21(22,23)24/h3-10,13-14H,11-12H2,1-2H3. The zero-order chi connectivity index (χ0) is 21.0. The lowest BCUT2D eigenvalue weighted by Crippen LogP contribution is -2.31. The van der Waals surface area contributed by atoms with Crippen LogP contribution in [0, 0.1) is 6.92 Å². The van der Waals surface area contributed by atoms with E-state index in [0.29, 0.717) is 30.2 Å². The van der Waals surface area contributed by atoms with E-state index in [1.165, 1.54) is 27.9 Å². The zero-order valence-corrected chi connectivity index (χ0v) is 16.0. The predicted molar refractivity (Wildman–Crippen MR) is 102 cm³/mol. The number of hydrogen-bond acceptors (Lipinski definition) is 3. The Balaban J connectivity index is 1.70. The molecule has 0 spiro atoms. The molecule has 1 heterocycles. The highest BCUT2D eigenvalue weighted by molar-refractivity contribution is 5.95. The maximum Gasteiger partial charge on any atom is 0.416 e. The molecule has 0 saturated heterocycles. The summed E-state index contributed by atoms with van der Waals surface area (Å²) in [7, 11) is 1.64. The molecule has 0 unspecified atom stereocenters. The lowest BCUT2D eigenvalue weighted by Gasteiger charge is -2.17. The van der Waals surface area contributed by atoms with Crippen molar-refractivity contribution in [3.63, 3.8) is 0 Å². The van der Waals surface area contributed by atoms with Crippen molar-refractivity contribution in [3.05, 3.63) is 77.6 Å². The van der Waals surface area contributed by atoms with E-state index in [2.05, 4.69) is 5.10 Å². The number of rotatable bonds is 6. The number of likely N-dealkylation sites (N-methyl/N-ethyl adjacent to an activating group) is 1. The van der Waals surface area contributed by atoms with Gasteiger partial charge >= 0.3 is 6.18 Å². The van der Waals surface area contributed by atoms with E-state index in [4.69, 9.17) is 4.74 Å². The average Bonchev–Trinajstić information content (AvgIpc) is 3.09. The average molecular weight is 403 g/mol. The number of hydrogen-bond donors (Lipinski definition) is 0. The third-order valence-electron chi connectivity index (χ3n) is 4.44. The highest BCUT2D eigenvalue weighted by Crippen LogP contribution is 2.30. The van der Waals surface area contributed by atoms with E-state index in [9.17, 15) is 18.0 Å². The summed E-state index contributed by atoms with van der Waals surface area (Å²) in [4.78, 5) is 14.2. The molecule has 1 aromatic heterocycles. The van der Waals surface area contributed by atoms with Crippen LogP contribution in [0.15, 0.2) is 60.8 Å². The minimum absolute atomic E-state index is 0.242. The van der Waals surface area contributed by atoms with E-state index in [1.807, 2.05) is 30.3 Å². The van der Waals surface area contributed by atoms with Gasteiger partial charge < -0.3 is 9.64 Å².